The van der Waals surface area contributed by atoms with Gasteiger partial charge in [-0.1, -0.05) is 48.5 Å². The topological polar surface area (TPSA) is 134 Å². The van der Waals surface area contributed by atoms with E-state index in [-0.39, 0.29) is 30.5 Å². The van der Waals surface area contributed by atoms with E-state index in [1.54, 1.807) is 36.4 Å². The van der Waals surface area contributed by atoms with Gasteiger partial charge in [-0.25, -0.2) is 0 Å². The Kier molecular flexibility index (Phi) is 16.0. The van der Waals surface area contributed by atoms with E-state index in [0.717, 1.165) is 11.1 Å². The molecule has 2 fully saturated rings. The zero-order valence-electron chi connectivity index (χ0n) is 29.3. The highest BCUT2D eigenvalue weighted by atomic mass is 16.7. The van der Waals surface area contributed by atoms with Crippen molar-refractivity contribution in [1.82, 2.24) is 4.90 Å². The number of benzene rings is 3. The first-order valence-corrected chi connectivity index (χ1v) is 17.6. The van der Waals surface area contributed by atoms with E-state index in [1.165, 1.54) is 6.92 Å². The molecule has 12 nitrogen and oxygen atoms in total. The Morgan fingerprint density at radius 3 is 1.90 bits per heavy atom. The average molecular weight is 707 g/mol. The average Bonchev–Trinajstić information content (AvgIpc) is 3.15. The summed E-state index contributed by atoms with van der Waals surface area (Å²) in [6.07, 6.45) is -0.655. The third kappa shape index (κ3) is 12.9. The Bertz CT molecular complexity index is 1490. The lowest BCUT2D eigenvalue weighted by Crippen LogP contribution is -2.42. The first-order chi connectivity index (χ1) is 25.0. The van der Waals surface area contributed by atoms with Gasteiger partial charge in [-0.3, -0.25) is 14.5 Å². The highest BCUT2D eigenvalue weighted by molar-refractivity contribution is 6.05. The number of hydrogen-bond donors (Lipinski definition) is 2. The van der Waals surface area contributed by atoms with Gasteiger partial charge < -0.3 is 43.6 Å². The summed E-state index contributed by atoms with van der Waals surface area (Å²) in [5.74, 6) is -0.390. The Balaban J connectivity index is 1.29. The lowest BCUT2D eigenvalue weighted by Gasteiger charge is -2.38. The zero-order chi connectivity index (χ0) is 35.7. The lowest BCUT2D eigenvalue weighted by molar-refractivity contribution is -0.253. The number of nitrogens with one attached hydrogen (secondary N) is 1. The number of Topliss-reactive ketones (excluding diaryl/α,β-unsaturated/α-hetero) is 1. The molecule has 51 heavy (non-hydrogen) atoms. The SMILES string of the molecule is CC(=O)c1cccc(NC(=O)c2cccc(C3OC(CN4CCOCCOCCOCCOCCOCC4)CC(c4ccc(CO)cc4)O3)c2)c1. The van der Waals surface area contributed by atoms with Gasteiger partial charge in [-0.2, -0.15) is 0 Å². The maximum absolute atomic E-state index is 13.3. The maximum atomic E-state index is 13.3. The Labute approximate surface area is 299 Å². The molecule has 0 aromatic heterocycles. The highest BCUT2D eigenvalue weighted by Crippen LogP contribution is 2.38. The number of nitrogens with zero attached hydrogens (tertiary/aromatic N) is 1. The van der Waals surface area contributed by atoms with Gasteiger partial charge in [0.25, 0.3) is 5.91 Å². The Morgan fingerprint density at radius 2 is 1.29 bits per heavy atom. The molecule has 3 atom stereocenters. The minimum Gasteiger partial charge on any atom is -0.392 e. The summed E-state index contributed by atoms with van der Waals surface area (Å²) < 4.78 is 41.7. The van der Waals surface area contributed by atoms with Crippen LogP contribution in [0.25, 0.3) is 0 Å². The monoisotopic (exact) mass is 706 g/mol. The second kappa shape index (κ2) is 21.1. The predicted octanol–water partition coefficient (Wildman–Crippen LogP) is 4.58. The molecule has 0 bridgehead atoms. The van der Waals surface area contributed by atoms with Crippen LogP contribution in [0, 0.1) is 0 Å². The minimum absolute atomic E-state index is 0.0418. The third-order valence-electron chi connectivity index (χ3n) is 8.62. The van der Waals surface area contributed by atoms with Crippen LogP contribution in [-0.4, -0.2) is 114 Å². The number of ether oxygens (including phenoxy) is 7. The Hall–Kier alpha value is -3.56. The van der Waals surface area contributed by atoms with Crippen molar-refractivity contribution in [3.63, 3.8) is 0 Å². The van der Waals surface area contributed by atoms with Crippen LogP contribution in [0.5, 0.6) is 0 Å². The third-order valence-corrected chi connectivity index (χ3v) is 8.62. The summed E-state index contributed by atoms with van der Waals surface area (Å²) in [6.45, 7) is 8.44. The number of hydrogen-bond acceptors (Lipinski definition) is 11. The summed E-state index contributed by atoms with van der Waals surface area (Å²) in [7, 11) is 0. The van der Waals surface area contributed by atoms with Gasteiger partial charge in [0.15, 0.2) is 12.1 Å². The van der Waals surface area contributed by atoms with E-state index < -0.39 is 6.29 Å². The molecule has 3 aromatic rings. The van der Waals surface area contributed by atoms with Gasteiger partial charge in [-0.05, 0) is 42.3 Å². The van der Waals surface area contributed by atoms with Crippen LogP contribution < -0.4 is 5.32 Å². The molecule has 276 valence electrons. The van der Waals surface area contributed by atoms with Crippen LogP contribution in [0.15, 0.2) is 72.8 Å². The van der Waals surface area contributed by atoms with Crippen molar-refractivity contribution in [1.29, 1.82) is 0 Å². The summed E-state index contributed by atoms with van der Waals surface area (Å²) in [5, 5.41) is 12.5. The molecule has 0 saturated carbocycles. The molecule has 0 aliphatic carbocycles. The molecule has 2 N–H and O–H groups in total. The molecule has 2 saturated heterocycles. The molecule has 2 aliphatic rings. The number of amides is 1. The fourth-order valence-electron chi connectivity index (χ4n) is 5.83. The fraction of sp³-hybridized carbons (Fsp3) is 0.487. The molecule has 3 unspecified atom stereocenters. The van der Waals surface area contributed by atoms with Crippen molar-refractivity contribution in [3.05, 3.63) is 101 Å². The van der Waals surface area contributed by atoms with Crippen molar-refractivity contribution < 1.29 is 47.9 Å². The zero-order valence-corrected chi connectivity index (χ0v) is 29.3. The second-order valence-electron chi connectivity index (χ2n) is 12.4. The number of aliphatic hydroxyl groups excluding tert-OH is 1. The molecule has 2 aliphatic heterocycles. The van der Waals surface area contributed by atoms with Crippen LogP contribution in [0.1, 0.15) is 63.1 Å². The number of carbonyl (C=O) groups is 2. The number of ketones is 1. The molecule has 1 amide bonds. The van der Waals surface area contributed by atoms with Crippen molar-refractivity contribution in [2.45, 2.75) is 38.4 Å². The summed E-state index contributed by atoms with van der Waals surface area (Å²) in [5.41, 5.74) is 3.98. The van der Waals surface area contributed by atoms with Gasteiger partial charge in [0.1, 0.15) is 0 Å². The molecule has 12 heteroatoms. The smallest absolute Gasteiger partial charge is 0.255 e. The van der Waals surface area contributed by atoms with Gasteiger partial charge in [-0.15, -0.1) is 0 Å². The molecule has 3 aromatic carbocycles. The summed E-state index contributed by atoms with van der Waals surface area (Å²) >= 11 is 0. The van der Waals surface area contributed by atoms with Crippen LogP contribution >= 0.6 is 0 Å². The highest BCUT2D eigenvalue weighted by Gasteiger charge is 2.33. The van der Waals surface area contributed by atoms with Gasteiger partial charge in [0.2, 0.25) is 0 Å². The second-order valence-corrected chi connectivity index (χ2v) is 12.4. The number of anilines is 1. The van der Waals surface area contributed by atoms with E-state index in [1.807, 2.05) is 36.4 Å². The number of carbonyl (C=O) groups excluding carboxylic acids is 2. The van der Waals surface area contributed by atoms with E-state index in [2.05, 4.69) is 10.2 Å². The van der Waals surface area contributed by atoms with Gasteiger partial charge in [0, 0.05) is 48.4 Å². The van der Waals surface area contributed by atoms with Crippen molar-refractivity contribution in [3.8, 4) is 0 Å². The van der Waals surface area contributed by atoms with E-state index in [9.17, 15) is 14.7 Å². The van der Waals surface area contributed by atoms with E-state index in [4.69, 9.17) is 33.2 Å². The molecule has 0 spiro atoms. The Morgan fingerprint density at radius 1 is 0.706 bits per heavy atom. The van der Waals surface area contributed by atoms with Crippen LogP contribution in [0.4, 0.5) is 5.69 Å². The molecular formula is C39H50N2O10. The van der Waals surface area contributed by atoms with Crippen LogP contribution in [0.2, 0.25) is 0 Å². The lowest BCUT2D eigenvalue weighted by atomic mass is 9.99. The van der Waals surface area contributed by atoms with E-state index in [0.29, 0.717) is 115 Å². The first kappa shape index (κ1) is 38.7. The number of rotatable bonds is 8. The van der Waals surface area contributed by atoms with Crippen LogP contribution in [0.3, 0.4) is 0 Å². The van der Waals surface area contributed by atoms with Crippen molar-refractivity contribution in [2.24, 2.45) is 0 Å². The molecule has 5 rings (SSSR count). The van der Waals surface area contributed by atoms with Gasteiger partial charge >= 0.3 is 0 Å². The van der Waals surface area contributed by atoms with Crippen LogP contribution in [-0.2, 0) is 39.8 Å². The fourth-order valence-corrected chi connectivity index (χ4v) is 5.83. The number of aliphatic hydroxyl groups is 1. The van der Waals surface area contributed by atoms with Gasteiger partial charge in [0.05, 0.1) is 84.9 Å². The molecule has 2 heterocycles. The minimum atomic E-state index is -0.744. The maximum Gasteiger partial charge on any atom is 0.255 e. The molecule has 0 radical (unpaired) electrons. The summed E-state index contributed by atoms with van der Waals surface area (Å²) in [6, 6.07) is 21.8. The first-order valence-electron chi connectivity index (χ1n) is 17.6. The quantitative estimate of drug-likeness (QED) is 0.319. The molecular weight excluding hydrogens is 656 g/mol. The van der Waals surface area contributed by atoms with Crippen molar-refractivity contribution >= 4 is 17.4 Å². The summed E-state index contributed by atoms with van der Waals surface area (Å²) in [4.78, 5) is 27.5. The van der Waals surface area contributed by atoms with Crippen molar-refractivity contribution in [2.75, 3.05) is 91.0 Å². The normalized spacial score (nSPS) is 22.4. The standard InChI is InChI=1S/C39H50N2O10/c1-29(43)32-4-3-7-35(25-32)40-38(44)33-5-2-6-34(24-33)39-50-36(26-37(51-39)31-10-8-30(28-42)9-11-31)27-41-12-14-45-16-18-47-20-22-49-23-21-48-19-17-46-15-13-41/h2-11,24-25,36-37,39,42H,12-23,26-28H2,1H3,(H,40,44). The predicted molar refractivity (Wildman–Crippen MR) is 190 cm³/mol. The van der Waals surface area contributed by atoms with E-state index >= 15 is 0 Å². The largest absolute Gasteiger partial charge is 0.392 e.